The molecule has 3 rings (SSSR count). The third kappa shape index (κ3) is 4.99. The maximum Gasteiger partial charge on any atom is 0.293 e. The number of aromatic nitrogens is 1. The molecule has 0 aliphatic carbocycles. The summed E-state index contributed by atoms with van der Waals surface area (Å²) in [6.45, 7) is 4.05. The van der Waals surface area contributed by atoms with Gasteiger partial charge in [-0.25, -0.2) is 4.98 Å². The van der Waals surface area contributed by atoms with Crippen LogP contribution in [0, 0.1) is 5.92 Å². The Labute approximate surface area is 171 Å². The van der Waals surface area contributed by atoms with E-state index in [1.807, 2.05) is 38.1 Å². The van der Waals surface area contributed by atoms with Gasteiger partial charge in [0, 0.05) is 10.4 Å². The first-order chi connectivity index (χ1) is 13.4. The highest BCUT2D eigenvalue weighted by atomic mass is 35.5. The van der Waals surface area contributed by atoms with Gasteiger partial charge in [0.2, 0.25) is 5.91 Å². The van der Waals surface area contributed by atoms with Gasteiger partial charge >= 0.3 is 0 Å². The van der Waals surface area contributed by atoms with Crippen LogP contribution in [0.2, 0.25) is 5.02 Å². The molecular weight excluding hydrogens is 398 g/mol. The molecule has 0 radical (unpaired) electrons. The molecule has 2 N–H and O–H groups in total. The average Bonchev–Trinajstić information content (AvgIpc) is 3.32. The first-order valence-electron chi connectivity index (χ1n) is 8.77. The Balaban J connectivity index is 1.62. The number of carbonyl (C=O) groups excluding carboxylic acids is 2. The van der Waals surface area contributed by atoms with Gasteiger partial charge in [-0.2, -0.15) is 0 Å². The number of hydrogen-bond donors (Lipinski definition) is 2. The summed E-state index contributed by atoms with van der Waals surface area (Å²) in [6, 6.07) is 10.5. The summed E-state index contributed by atoms with van der Waals surface area (Å²) in [5.41, 5.74) is 1.47. The summed E-state index contributed by atoms with van der Waals surface area (Å²) in [6.07, 6.45) is 1.54. The van der Waals surface area contributed by atoms with Gasteiger partial charge < -0.3 is 9.73 Å². The number of nitrogens with zero attached hydrogens (tertiary/aromatic N) is 1. The number of thiazole rings is 1. The maximum atomic E-state index is 12.5. The molecule has 3 aromatic rings. The lowest BCUT2D eigenvalue weighted by Crippen LogP contribution is -2.33. The summed E-state index contributed by atoms with van der Waals surface area (Å²) in [4.78, 5) is 28.8. The highest BCUT2D eigenvalue weighted by Gasteiger charge is 2.21. The van der Waals surface area contributed by atoms with Crippen LogP contribution in [0.25, 0.3) is 0 Å². The molecule has 1 unspecified atom stereocenters. The lowest BCUT2D eigenvalue weighted by Gasteiger charge is -2.23. The van der Waals surface area contributed by atoms with Crippen LogP contribution in [-0.4, -0.2) is 16.8 Å². The van der Waals surface area contributed by atoms with Crippen LogP contribution in [0.3, 0.4) is 0 Å². The molecule has 28 heavy (non-hydrogen) atoms. The molecule has 1 atom stereocenters. The number of hydrogen-bond acceptors (Lipinski definition) is 5. The zero-order valence-corrected chi connectivity index (χ0v) is 17.0. The van der Waals surface area contributed by atoms with Gasteiger partial charge in [-0.15, -0.1) is 11.3 Å². The fraction of sp³-hybridized carbons (Fsp3) is 0.250. The van der Waals surface area contributed by atoms with E-state index in [0.717, 1.165) is 5.56 Å². The third-order valence-corrected chi connectivity index (χ3v) is 5.23. The van der Waals surface area contributed by atoms with Crippen molar-refractivity contribution in [3.63, 3.8) is 0 Å². The number of nitrogens with one attached hydrogen (secondary N) is 2. The number of halogens is 1. The summed E-state index contributed by atoms with van der Waals surface area (Å²) < 4.78 is 5.05. The minimum atomic E-state index is -0.381. The van der Waals surface area contributed by atoms with Crippen LogP contribution in [0.4, 0.5) is 5.13 Å². The third-order valence-electron chi connectivity index (χ3n) is 4.08. The first-order valence-corrected chi connectivity index (χ1v) is 10.0. The molecule has 1 aromatic carbocycles. The van der Waals surface area contributed by atoms with Gasteiger partial charge in [-0.05, 0) is 29.7 Å². The van der Waals surface area contributed by atoms with Crippen LogP contribution in [-0.2, 0) is 11.2 Å². The number of benzene rings is 1. The van der Waals surface area contributed by atoms with E-state index in [-0.39, 0.29) is 36.0 Å². The van der Waals surface area contributed by atoms with Crippen molar-refractivity contribution in [1.29, 1.82) is 0 Å². The zero-order chi connectivity index (χ0) is 20.1. The number of amides is 2. The van der Waals surface area contributed by atoms with Crippen LogP contribution < -0.4 is 10.6 Å². The van der Waals surface area contributed by atoms with Crippen molar-refractivity contribution in [3.8, 4) is 0 Å². The topological polar surface area (TPSA) is 84.2 Å². The highest BCUT2D eigenvalue weighted by Crippen LogP contribution is 2.28. The van der Waals surface area contributed by atoms with Gasteiger partial charge in [0.05, 0.1) is 24.4 Å². The molecule has 0 saturated heterocycles. The predicted molar refractivity (Wildman–Crippen MR) is 110 cm³/mol. The molecule has 146 valence electrons. The molecule has 6 nitrogen and oxygen atoms in total. The molecule has 0 fully saturated rings. The Kier molecular flexibility index (Phi) is 6.49. The van der Waals surface area contributed by atoms with E-state index in [1.54, 1.807) is 17.5 Å². The molecule has 8 heteroatoms. The van der Waals surface area contributed by atoms with Gasteiger partial charge in [0.1, 0.15) is 0 Å². The molecule has 0 spiro atoms. The maximum absolute atomic E-state index is 12.5. The lowest BCUT2D eigenvalue weighted by molar-refractivity contribution is -0.121. The van der Waals surface area contributed by atoms with E-state index in [2.05, 4.69) is 15.6 Å². The monoisotopic (exact) mass is 417 g/mol. The minimum Gasteiger partial charge on any atom is -0.459 e. The van der Waals surface area contributed by atoms with Gasteiger partial charge in [-0.3, -0.25) is 14.9 Å². The fourth-order valence-corrected chi connectivity index (χ4v) is 3.69. The molecule has 0 saturated carbocycles. The molecule has 2 aromatic heterocycles. The first kappa shape index (κ1) is 20.1. The molecule has 0 bridgehead atoms. The quantitative estimate of drug-likeness (QED) is 0.583. The Morgan fingerprint density at radius 2 is 2.00 bits per heavy atom. The smallest absolute Gasteiger partial charge is 0.293 e. The molecule has 0 aliphatic rings. The van der Waals surface area contributed by atoms with E-state index in [4.69, 9.17) is 16.0 Å². The van der Waals surface area contributed by atoms with E-state index < -0.39 is 0 Å². The van der Waals surface area contributed by atoms with Crippen molar-refractivity contribution in [2.45, 2.75) is 26.3 Å². The van der Waals surface area contributed by atoms with E-state index in [9.17, 15) is 9.59 Å². The number of anilines is 1. The summed E-state index contributed by atoms with van der Waals surface area (Å²) in [5, 5.41) is 8.47. The minimum absolute atomic E-state index is 0.112. The second kappa shape index (κ2) is 9.03. The predicted octanol–water partition coefficient (Wildman–Crippen LogP) is 4.70. The lowest BCUT2D eigenvalue weighted by atomic mass is 9.95. The van der Waals surface area contributed by atoms with Crippen molar-refractivity contribution >= 4 is 39.9 Å². The van der Waals surface area contributed by atoms with E-state index in [0.29, 0.717) is 15.8 Å². The number of furan rings is 1. The molecular formula is C20H20ClN3O3S. The normalized spacial score (nSPS) is 12.0. The highest BCUT2D eigenvalue weighted by molar-refractivity contribution is 7.14. The average molecular weight is 418 g/mol. The van der Waals surface area contributed by atoms with Crippen LogP contribution in [0.15, 0.2) is 52.5 Å². The molecule has 2 amide bonds. The summed E-state index contributed by atoms with van der Waals surface area (Å²) in [5.74, 6) is -0.168. The van der Waals surface area contributed by atoms with Crippen LogP contribution in [0.5, 0.6) is 0 Å². The Morgan fingerprint density at radius 1 is 1.21 bits per heavy atom. The van der Waals surface area contributed by atoms with Crippen molar-refractivity contribution in [2.75, 3.05) is 5.32 Å². The number of rotatable bonds is 7. The van der Waals surface area contributed by atoms with Gasteiger partial charge in [0.15, 0.2) is 10.9 Å². The number of carbonyl (C=O) groups is 2. The second-order valence-corrected chi connectivity index (χ2v) is 7.83. The van der Waals surface area contributed by atoms with Crippen molar-refractivity contribution < 1.29 is 14.0 Å². The Bertz CT molecular complexity index is 953. The Morgan fingerprint density at radius 3 is 2.68 bits per heavy atom. The summed E-state index contributed by atoms with van der Waals surface area (Å²) >= 11 is 7.55. The van der Waals surface area contributed by atoms with Crippen molar-refractivity contribution in [2.24, 2.45) is 5.92 Å². The SMILES string of the molecule is CC(C)C(NC(=O)Cc1csc(NC(=O)c2ccco2)n1)c1ccccc1Cl. The van der Waals surface area contributed by atoms with Crippen LogP contribution >= 0.6 is 22.9 Å². The summed E-state index contributed by atoms with van der Waals surface area (Å²) in [7, 11) is 0. The standard InChI is InChI=1S/C20H20ClN3O3S/c1-12(2)18(14-6-3-4-7-15(14)21)23-17(25)10-13-11-28-20(22-13)24-19(26)16-8-5-9-27-16/h3-9,11-12,18H,10H2,1-2H3,(H,23,25)(H,22,24,26). The molecule has 0 aliphatic heterocycles. The van der Waals surface area contributed by atoms with E-state index in [1.165, 1.54) is 17.6 Å². The van der Waals surface area contributed by atoms with E-state index >= 15 is 0 Å². The molecule has 2 heterocycles. The van der Waals surface area contributed by atoms with Gasteiger partial charge in [0.25, 0.3) is 5.91 Å². The van der Waals surface area contributed by atoms with Gasteiger partial charge in [-0.1, -0.05) is 43.6 Å². The van der Waals surface area contributed by atoms with Crippen LogP contribution in [0.1, 0.15) is 41.7 Å². The van der Waals surface area contributed by atoms with Crippen molar-refractivity contribution in [1.82, 2.24) is 10.3 Å². The zero-order valence-electron chi connectivity index (χ0n) is 15.4. The van der Waals surface area contributed by atoms with Crippen molar-refractivity contribution in [3.05, 3.63) is 70.1 Å². The second-order valence-electron chi connectivity index (χ2n) is 6.56. The largest absolute Gasteiger partial charge is 0.459 e. The Hall–Kier alpha value is -2.64. The fourth-order valence-electron chi connectivity index (χ4n) is 2.73.